The molecule has 0 heterocycles. The van der Waals surface area contributed by atoms with Crippen LogP contribution in [0.5, 0.6) is 0 Å². The van der Waals surface area contributed by atoms with Gasteiger partial charge in [0.2, 0.25) is 9.84 Å². The van der Waals surface area contributed by atoms with E-state index in [2.05, 4.69) is 0 Å². The molecule has 0 amide bonds. The second-order valence-electron chi connectivity index (χ2n) is 2.16. The molecule has 0 unspecified atom stereocenters. The molecule has 0 fully saturated rings. The monoisotopic (exact) mass is 227 g/mol. The third kappa shape index (κ3) is 1.97. The minimum Gasteiger partial charge on any atom is -0.218 e. The molecule has 2 nitrogen and oxygen atoms in total. The van der Waals surface area contributed by atoms with E-state index >= 15 is 0 Å². The Hall–Kier alpha value is -0.680. The van der Waals surface area contributed by atoms with Crippen LogP contribution in [0.3, 0.4) is 0 Å². The summed E-state index contributed by atoms with van der Waals surface area (Å²) in [5.74, 6) is 0. The summed E-state index contributed by atoms with van der Waals surface area (Å²) in [5.41, 5.74) is -4.57. The predicted molar refractivity (Wildman–Crippen MR) is 44.6 cm³/mol. The minimum absolute atomic E-state index is 0.320. The first-order valence-electron chi connectivity index (χ1n) is 3.64. The fourth-order valence-electron chi connectivity index (χ4n) is 0.746. The zero-order valence-corrected chi connectivity index (χ0v) is 7.74. The summed E-state index contributed by atoms with van der Waals surface area (Å²) in [6.45, 7) is 0. The lowest BCUT2D eigenvalue weighted by Crippen LogP contribution is -2.11. The van der Waals surface area contributed by atoms with Gasteiger partial charge in [-0.3, -0.25) is 0 Å². The summed E-state index contributed by atoms with van der Waals surface area (Å²) in [6.07, 6.45) is 0. The first-order valence-corrected chi connectivity index (χ1v) is 5.00. The lowest BCUT2D eigenvalue weighted by molar-refractivity contribution is 0.235. The summed E-state index contributed by atoms with van der Waals surface area (Å²) in [5, 5.41) is -0.320. The molecule has 13 heavy (non-hydrogen) atoms. The summed E-state index contributed by atoms with van der Waals surface area (Å²) >= 11 is 5.42. The van der Waals surface area contributed by atoms with E-state index in [0.717, 1.165) is 6.07 Å². The van der Waals surface area contributed by atoms with Crippen molar-refractivity contribution in [3.05, 3.63) is 29.3 Å². The smallest absolute Gasteiger partial charge is 0.218 e. The highest BCUT2D eigenvalue weighted by Gasteiger charge is 2.28. The van der Waals surface area contributed by atoms with Gasteiger partial charge in [0.05, 0.1) is 9.92 Å². The Morgan fingerprint density at radius 2 is 1.92 bits per heavy atom. The number of hydrogen-bond donors (Lipinski definition) is 0. The maximum absolute atomic E-state index is 12.4. The maximum Gasteiger partial charge on any atom is 0.341 e. The molecule has 0 aliphatic carbocycles. The van der Waals surface area contributed by atoms with Gasteiger partial charge in [-0.25, -0.2) is 8.42 Å². The van der Waals surface area contributed by atoms with Crippen LogP contribution in [0.2, 0.25) is 5.02 Å². The van der Waals surface area contributed by atoms with Crippen molar-refractivity contribution in [2.24, 2.45) is 0 Å². The zero-order chi connectivity index (χ0) is 11.0. The van der Waals surface area contributed by atoms with Crippen molar-refractivity contribution < 1.29 is 18.6 Å². The van der Waals surface area contributed by atoms with Crippen molar-refractivity contribution in [1.29, 1.82) is 0 Å². The SMILES string of the molecule is [2H]C(F)(F)S(=O)(=O)c1ccccc1Cl. The van der Waals surface area contributed by atoms with Gasteiger partial charge in [0.25, 0.3) is 0 Å². The Morgan fingerprint density at radius 1 is 1.38 bits per heavy atom. The molecular weight excluding hydrogens is 222 g/mol. The highest BCUT2D eigenvalue weighted by molar-refractivity contribution is 7.91. The molecule has 0 aliphatic rings. The molecule has 0 aromatic heterocycles. The van der Waals surface area contributed by atoms with Crippen LogP contribution < -0.4 is 0 Å². The van der Waals surface area contributed by atoms with Gasteiger partial charge in [0, 0.05) is 0 Å². The fraction of sp³-hybridized carbons (Fsp3) is 0.143. The third-order valence-electron chi connectivity index (χ3n) is 1.33. The highest BCUT2D eigenvalue weighted by Crippen LogP contribution is 2.25. The van der Waals surface area contributed by atoms with Gasteiger partial charge < -0.3 is 0 Å². The molecule has 1 aromatic carbocycles. The largest absolute Gasteiger partial charge is 0.341 e. The molecule has 0 aliphatic heterocycles. The van der Waals surface area contributed by atoms with Crippen molar-refractivity contribution in [3.8, 4) is 0 Å². The third-order valence-corrected chi connectivity index (χ3v) is 3.11. The number of alkyl halides is 2. The van der Waals surface area contributed by atoms with Crippen LogP contribution in [0, 0.1) is 0 Å². The molecule has 6 heteroatoms. The fourth-order valence-corrected chi connectivity index (χ4v) is 1.93. The molecular formula is C7H5ClF2O2S. The summed E-state index contributed by atoms with van der Waals surface area (Å²) in [7, 11) is -5.01. The molecule has 0 spiro atoms. The van der Waals surface area contributed by atoms with Gasteiger partial charge in [-0.1, -0.05) is 23.7 Å². The number of benzene rings is 1. The van der Waals surface area contributed by atoms with Crippen LogP contribution in [-0.4, -0.2) is 14.2 Å². The second-order valence-corrected chi connectivity index (χ2v) is 4.32. The van der Waals surface area contributed by atoms with Crippen LogP contribution >= 0.6 is 11.6 Å². The summed E-state index contributed by atoms with van der Waals surface area (Å²) in [6, 6.07) is 4.76. The first-order chi connectivity index (χ1) is 6.27. The van der Waals surface area contributed by atoms with E-state index in [1.54, 1.807) is 0 Å². The summed E-state index contributed by atoms with van der Waals surface area (Å²) < 4.78 is 53.1. The summed E-state index contributed by atoms with van der Waals surface area (Å²) in [4.78, 5) is -0.735. The van der Waals surface area contributed by atoms with E-state index < -0.39 is 20.5 Å². The topological polar surface area (TPSA) is 34.1 Å². The zero-order valence-electron chi connectivity index (χ0n) is 7.17. The first kappa shape index (κ1) is 8.90. The van der Waals surface area contributed by atoms with Crippen molar-refractivity contribution in [3.63, 3.8) is 0 Å². The van der Waals surface area contributed by atoms with Gasteiger partial charge in [0.1, 0.15) is 1.37 Å². The Morgan fingerprint density at radius 3 is 2.38 bits per heavy atom. The Kier molecular flexibility index (Phi) is 2.46. The molecule has 72 valence electrons. The molecule has 0 radical (unpaired) electrons. The second kappa shape index (κ2) is 3.59. The van der Waals surface area contributed by atoms with Gasteiger partial charge in [-0.05, 0) is 12.1 Å². The van der Waals surface area contributed by atoms with Gasteiger partial charge in [-0.2, -0.15) is 8.78 Å². The van der Waals surface area contributed by atoms with Crippen molar-refractivity contribution in [1.82, 2.24) is 0 Å². The Balaban J connectivity index is 3.40. The van der Waals surface area contributed by atoms with Gasteiger partial charge >= 0.3 is 5.73 Å². The quantitative estimate of drug-likeness (QED) is 0.777. The van der Waals surface area contributed by atoms with Crippen molar-refractivity contribution >= 4 is 21.4 Å². The lowest BCUT2D eigenvalue weighted by Gasteiger charge is -2.03. The normalized spacial score (nSPS) is 13.9. The highest BCUT2D eigenvalue weighted by atomic mass is 35.5. The van der Waals surface area contributed by atoms with Crippen molar-refractivity contribution in [2.75, 3.05) is 0 Å². The number of rotatable bonds is 2. The molecule has 1 aromatic rings. The molecule has 0 saturated carbocycles. The number of hydrogen-bond acceptors (Lipinski definition) is 2. The average Bonchev–Trinajstić information content (AvgIpc) is 2.02. The van der Waals surface area contributed by atoms with Crippen LogP contribution in [-0.2, 0) is 9.84 Å². The van der Waals surface area contributed by atoms with Crippen molar-refractivity contribution in [2.45, 2.75) is 10.6 Å². The maximum atomic E-state index is 12.4. The molecule has 0 atom stereocenters. The molecule has 0 N–H and O–H groups in total. The minimum atomic E-state index is -5.01. The number of sulfone groups is 1. The van der Waals surface area contributed by atoms with Crippen LogP contribution in [0.15, 0.2) is 29.2 Å². The van der Waals surface area contributed by atoms with E-state index in [1.165, 1.54) is 18.2 Å². The van der Waals surface area contributed by atoms with E-state index in [0.29, 0.717) is 0 Å². The van der Waals surface area contributed by atoms with E-state index in [1.807, 2.05) is 0 Å². The van der Waals surface area contributed by atoms with Crippen LogP contribution in [0.25, 0.3) is 0 Å². The predicted octanol–water partition coefficient (Wildman–Crippen LogP) is 2.34. The number of halogens is 3. The van der Waals surface area contributed by atoms with Crippen LogP contribution in [0.1, 0.15) is 1.37 Å². The van der Waals surface area contributed by atoms with E-state index in [-0.39, 0.29) is 5.02 Å². The Labute approximate surface area is 80.5 Å². The van der Waals surface area contributed by atoms with E-state index in [9.17, 15) is 17.2 Å². The average molecular weight is 228 g/mol. The van der Waals surface area contributed by atoms with Gasteiger partial charge in [-0.15, -0.1) is 0 Å². The van der Waals surface area contributed by atoms with E-state index in [4.69, 9.17) is 13.0 Å². The molecule has 1 rings (SSSR count). The molecule has 0 bridgehead atoms. The molecule has 0 saturated heterocycles. The lowest BCUT2D eigenvalue weighted by atomic mass is 10.4. The van der Waals surface area contributed by atoms with Crippen LogP contribution in [0.4, 0.5) is 8.78 Å². The van der Waals surface area contributed by atoms with Gasteiger partial charge in [0.15, 0.2) is 0 Å². The standard InChI is InChI=1S/C7H5ClF2O2S/c8-5-3-1-2-4-6(5)13(11,12)7(9)10/h1-4,7H/i7D. The Bertz CT molecular complexity index is 441.